The van der Waals surface area contributed by atoms with Crippen LogP contribution in [0.1, 0.15) is 21.9 Å². The third-order valence-corrected chi connectivity index (χ3v) is 2.72. The number of aldehydes is 1. The van der Waals surface area contributed by atoms with Crippen LogP contribution in [0.3, 0.4) is 0 Å². The van der Waals surface area contributed by atoms with E-state index in [4.69, 9.17) is 4.42 Å². The van der Waals surface area contributed by atoms with Gasteiger partial charge >= 0.3 is 0 Å². The summed E-state index contributed by atoms with van der Waals surface area (Å²) in [7, 11) is 0. The Morgan fingerprint density at radius 3 is 3.06 bits per heavy atom. The molecule has 4 nitrogen and oxygen atoms in total. The van der Waals surface area contributed by atoms with Crippen LogP contribution in [0, 0.1) is 0 Å². The van der Waals surface area contributed by atoms with Crippen molar-refractivity contribution in [3.8, 4) is 0 Å². The first-order valence-electron chi connectivity index (χ1n) is 5.31. The molecule has 0 aromatic carbocycles. The van der Waals surface area contributed by atoms with Crippen molar-refractivity contribution in [1.29, 1.82) is 0 Å². The van der Waals surface area contributed by atoms with Crippen molar-refractivity contribution in [1.82, 2.24) is 9.38 Å². The van der Waals surface area contributed by atoms with Crippen molar-refractivity contribution in [3.63, 3.8) is 0 Å². The highest BCUT2D eigenvalue weighted by atomic mass is 16.3. The molecule has 0 saturated heterocycles. The van der Waals surface area contributed by atoms with E-state index in [1.165, 1.54) is 0 Å². The average molecular weight is 226 g/mol. The number of hydrogen-bond acceptors (Lipinski definition) is 3. The molecular formula is C13H10N2O2. The van der Waals surface area contributed by atoms with Crippen LogP contribution >= 0.6 is 0 Å². The number of furan rings is 1. The van der Waals surface area contributed by atoms with Crippen LogP contribution < -0.4 is 0 Å². The Bertz CT molecular complexity index is 653. The van der Waals surface area contributed by atoms with E-state index in [0.717, 1.165) is 23.4 Å². The van der Waals surface area contributed by atoms with Gasteiger partial charge in [0.1, 0.15) is 11.6 Å². The van der Waals surface area contributed by atoms with E-state index in [-0.39, 0.29) is 0 Å². The van der Waals surface area contributed by atoms with Gasteiger partial charge < -0.3 is 8.82 Å². The van der Waals surface area contributed by atoms with Crippen molar-refractivity contribution in [2.75, 3.05) is 0 Å². The van der Waals surface area contributed by atoms with Crippen LogP contribution in [0.15, 0.2) is 47.3 Å². The van der Waals surface area contributed by atoms with Gasteiger partial charge in [0.05, 0.1) is 24.4 Å². The molecule has 84 valence electrons. The first-order chi connectivity index (χ1) is 8.38. The Morgan fingerprint density at radius 1 is 1.35 bits per heavy atom. The summed E-state index contributed by atoms with van der Waals surface area (Å²) < 4.78 is 7.20. The quantitative estimate of drug-likeness (QED) is 0.644. The summed E-state index contributed by atoms with van der Waals surface area (Å²) in [6, 6.07) is 7.37. The molecule has 0 atom stereocenters. The van der Waals surface area contributed by atoms with Crippen molar-refractivity contribution < 1.29 is 9.21 Å². The molecule has 0 aliphatic carbocycles. The molecule has 0 radical (unpaired) electrons. The van der Waals surface area contributed by atoms with Crippen molar-refractivity contribution >= 4 is 11.8 Å². The van der Waals surface area contributed by atoms with E-state index in [0.29, 0.717) is 12.0 Å². The number of carbonyl (C=O) groups is 1. The fraction of sp³-hybridized carbons (Fsp3) is 0.0769. The van der Waals surface area contributed by atoms with Crippen molar-refractivity contribution in [2.45, 2.75) is 6.42 Å². The summed E-state index contributed by atoms with van der Waals surface area (Å²) in [5.41, 5.74) is 1.47. The zero-order valence-electron chi connectivity index (χ0n) is 9.04. The molecule has 3 heterocycles. The summed E-state index contributed by atoms with van der Waals surface area (Å²) in [4.78, 5) is 15.2. The number of rotatable bonds is 3. The third kappa shape index (κ3) is 1.63. The fourth-order valence-electron chi connectivity index (χ4n) is 1.90. The standard InChI is InChI=1S/C13H10N2O2/c16-9-10-3-1-5-15-12(10)8-14-13(15)7-11-4-2-6-17-11/h1-6,8-9H,7H2. The molecule has 0 aliphatic heterocycles. The number of pyridine rings is 1. The molecule has 4 heteroatoms. The van der Waals surface area contributed by atoms with Crippen molar-refractivity contribution in [3.05, 3.63) is 60.1 Å². The molecule has 0 fully saturated rings. The lowest BCUT2D eigenvalue weighted by Crippen LogP contribution is -1.96. The molecule has 0 spiro atoms. The van der Waals surface area contributed by atoms with Crippen LogP contribution in [0.2, 0.25) is 0 Å². The summed E-state index contributed by atoms with van der Waals surface area (Å²) in [5, 5.41) is 0. The van der Waals surface area contributed by atoms with Gasteiger partial charge in [0.25, 0.3) is 0 Å². The number of aromatic nitrogens is 2. The molecule has 3 aromatic heterocycles. The molecule has 17 heavy (non-hydrogen) atoms. The van der Waals surface area contributed by atoms with Crippen molar-refractivity contribution in [2.24, 2.45) is 0 Å². The van der Waals surface area contributed by atoms with Gasteiger partial charge in [0, 0.05) is 11.8 Å². The van der Waals surface area contributed by atoms with E-state index >= 15 is 0 Å². The Kier molecular flexibility index (Phi) is 2.26. The van der Waals surface area contributed by atoms with E-state index < -0.39 is 0 Å². The van der Waals surface area contributed by atoms with Crippen LogP contribution in [-0.4, -0.2) is 15.7 Å². The van der Waals surface area contributed by atoms with E-state index in [1.54, 1.807) is 18.5 Å². The second-order valence-electron chi connectivity index (χ2n) is 3.77. The normalized spacial score (nSPS) is 10.8. The summed E-state index contributed by atoms with van der Waals surface area (Å²) >= 11 is 0. The molecule has 0 amide bonds. The molecule has 0 unspecified atom stereocenters. The first-order valence-corrected chi connectivity index (χ1v) is 5.31. The van der Waals surface area contributed by atoms with Crippen LogP contribution in [0.4, 0.5) is 0 Å². The minimum absolute atomic E-state index is 0.615. The van der Waals surface area contributed by atoms with Gasteiger partial charge in [0.15, 0.2) is 6.29 Å². The largest absolute Gasteiger partial charge is 0.469 e. The van der Waals surface area contributed by atoms with Gasteiger partial charge in [-0.2, -0.15) is 0 Å². The smallest absolute Gasteiger partial charge is 0.152 e. The first kappa shape index (κ1) is 9.84. The van der Waals surface area contributed by atoms with E-state index in [9.17, 15) is 4.79 Å². The summed E-state index contributed by atoms with van der Waals surface area (Å²) in [6.07, 6.45) is 6.70. The van der Waals surface area contributed by atoms with Crippen LogP contribution in [-0.2, 0) is 6.42 Å². The molecule has 0 saturated carbocycles. The van der Waals surface area contributed by atoms with Gasteiger partial charge in [-0.25, -0.2) is 4.98 Å². The lowest BCUT2D eigenvalue weighted by atomic mass is 10.2. The maximum absolute atomic E-state index is 10.9. The third-order valence-electron chi connectivity index (χ3n) is 2.72. The fourth-order valence-corrected chi connectivity index (χ4v) is 1.90. The number of carbonyl (C=O) groups excluding carboxylic acids is 1. The predicted molar refractivity (Wildman–Crippen MR) is 62.1 cm³/mol. The molecular weight excluding hydrogens is 216 g/mol. The predicted octanol–water partition coefficient (Wildman–Crippen LogP) is 2.33. The second kappa shape index (κ2) is 3.90. The number of hydrogen-bond donors (Lipinski definition) is 0. The lowest BCUT2D eigenvalue weighted by Gasteiger charge is -2.00. The molecule has 0 aliphatic rings. The molecule has 0 bridgehead atoms. The van der Waals surface area contributed by atoms with Crippen LogP contribution in [0.25, 0.3) is 5.52 Å². The minimum Gasteiger partial charge on any atom is -0.469 e. The SMILES string of the molecule is O=Cc1cccn2c(Cc3ccco3)ncc12. The summed E-state index contributed by atoms with van der Waals surface area (Å²) in [5.74, 6) is 1.72. The lowest BCUT2D eigenvalue weighted by molar-refractivity contribution is 0.112. The van der Waals surface area contributed by atoms with Gasteiger partial charge in [-0.1, -0.05) is 0 Å². The van der Waals surface area contributed by atoms with E-state index in [2.05, 4.69) is 4.98 Å². The topological polar surface area (TPSA) is 47.5 Å². The number of fused-ring (bicyclic) bond motifs is 1. The maximum Gasteiger partial charge on any atom is 0.152 e. The molecule has 3 aromatic rings. The van der Waals surface area contributed by atoms with E-state index in [1.807, 2.05) is 28.8 Å². The Morgan fingerprint density at radius 2 is 2.29 bits per heavy atom. The summed E-state index contributed by atoms with van der Waals surface area (Å²) in [6.45, 7) is 0. The molecule has 3 rings (SSSR count). The monoisotopic (exact) mass is 226 g/mol. The Balaban J connectivity index is 2.09. The maximum atomic E-state index is 10.9. The van der Waals surface area contributed by atoms with Gasteiger partial charge in [-0.05, 0) is 24.3 Å². The Hall–Kier alpha value is -2.36. The number of imidazole rings is 1. The zero-order valence-corrected chi connectivity index (χ0v) is 9.04. The number of nitrogens with zero attached hydrogens (tertiary/aromatic N) is 2. The minimum atomic E-state index is 0.615. The average Bonchev–Trinajstić information content (AvgIpc) is 2.99. The van der Waals surface area contributed by atoms with Gasteiger partial charge in [-0.15, -0.1) is 0 Å². The van der Waals surface area contributed by atoms with Crippen LogP contribution in [0.5, 0.6) is 0 Å². The van der Waals surface area contributed by atoms with Gasteiger partial charge in [-0.3, -0.25) is 4.79 Å². The zero-order chi connectivity index (χ0) is 11.7. The molecule has 0 N–H and O–H groups in total. The highest BCUT2D eigenvalue weighted by Crippen LogP contribution is 2.14. The second-order valence-corrected chi connectivity index (χ2v) is 3.77. The highest BCUT2D eigenvalue weighted by Gasteiger charge is 2.08. The highest BCUT2D eigenvalue weighted by molar-refractivity contribution is 5.85. The Labute approximate surface area is 97.5 Å². The van der Waals surface area contributed by atoms with Gasteiger partial charge in [0.2, 0.25) is 0 Å².